The lowest BCUT2D eigenvalue weighted by Crippen LogP contribution is -2.53. The first-order valence-electron chi connectivity index (χ1n) is 8.05. The van der Waals surface area contributed by atoms with E-state index in [1.807, 2.05) is 0 Å². The molecule has 2 rings (SSSR count). The number of hydrogen-bond donors (Lipinski definition) is 1. The summed E-state index contributed by atoms with van der Waals surface area (Å²) in [6.07, 6.45) is 3.59. The van der Waals surface area contributed by atoms with Crippen LogP contribution < -0.4 is 4.72 Å². The van der Waals surface area contributed by atoms with Crippen LogP contribution in [0.5, 0.6) is 0 Å². The Morgan fingerprint density at radius 1 is 1.28 bits per heavy atom. The summed E-state index contributed by atoms with van der Waals surface area (Å²) >= 11 is 0. The summed E-state index contributed by atoms with van der Waals surface area (Å²) in [4.78, 5) is -0.109. The number of allylic oxidation sites excluding steroid dienone is 1. The second-order valence-corrected chi connectivity index (χ2v) is 10.9. The van der Waals surface area contributed by atoms with E-state index >= 15 is 4.39 Å². The average molecular weight is 390 g/mol. The van der Waals surface area contributed by atoms with Crippen LogP contribution in [0.1, 0.15) is 33.6 Å². The van der Waals surface area contributed by atoms with E-state index in [1.54, 1.807) is 32.9 Å². The zero-order valence-corrected chi connectivity index (χ0v) is 16.1. The molecular weight excluding hydrogens is 365 g/mol. The number of benzene rings is 1. The van der Waals surface area contributed by atoms with Gasteiger partial charge in [0.15, 0.2) is 0 Å². The van der Waals surface area contributed by atoms with E-state index in [0.29, 0.717) is 12.8 Å². The van der Waals surface area contributed by atoms with Gasteiger partial charge in [0.05, 0.1) is 26.9 Å². The summed E-state index contributed by atoms with van der Waals surface area (Å²) < 4.78 is 60.4. The standard InChI is InChI=1S/C17H24FNO4S2/c1-17(2,3)24(20)19-15(14-11-7-8-12-23-14)16(18)25(21,22)13-9-5-4-6-10-13/h4-6,8-10,12,14-16,19H,7,11H2,1-3H3. The molecule has 4 unspecified atom stereocenters. The van der Waals surface area contributed by atoms with Gasteiger partial charge in [0, 0.05) is 0 Å². The molecule has 140 valence electrons. The lowest BCUT2D eigenvalue weighted by molar-refractivity contribution is 0.0764. The molecule has 0 bridgehead atoms. The predicted molar refractivity (Wildman–Crippen MR) is 96.6 cm³/mol. The molecule has 0 saturated carbocycles. The number of ether oxygens (including phenoxy) is 1. The van der Waals surface area contributed by atoms with E-state index < -0.39 is 43.2 Å². The number of nitrogens with one attached hydrogen (secondary N) is 1. The van der Waals surface area contributed by atoms with E-state index in [-0.39, 0.29) is 4.90 Å². The van der Waals surface area contributed by atoms with Crippen molar-refractivity contribution in [2.45, 2.75) is 60.9 Å². The number of sulfone groups is 1. The summed E-state index contributed by atoms with van der Waals surface area (Å²) in [6.45, 7) is 5.19. The maximum atomic E-state index is 15.2. The summed E-state index contributed by atoms with van der Waals surface area (Å²) in [7, 11) is -5.89. The molecule has 1 aromatic carbocycles. The molecule has 1 aliphatic heterocycles. The van der Waals surface area contributed by atoms with Crippen LogP contribution in [-0.4, -0.2) is 35.0 Å². The third-order valence-corrected chi connectivity index (χ3v) is 7.23. The van der Waals surface area contributed by atoms with Crippen molar-refractivity contribution in [3.05, 3.63) is 42.7 Å². The van der Waals surface area contributed by atoms with E-state index in [0.717, 1.165) is 0 Å². The van der Waals surface area contributed by atoms with Crippen molar-refractivity contribution < 1.29 is 21.8 Å². The van der Waals surface area contributed by atoms with Crippen LogP contribution in [0.4, 0.5) is 4.39 Å². The lowest BCUT2D eigenvalue weighted by atomic mass is 10.1. The van der Waals surface area contributed by atoms with Gasteiger partial charge in [0.25, 0.3) is 0 Å². The fraction of sp³-hybridized carbons (Fsp3) is 0.529. The van der Waals surface area contributed by atoms with E-state index in [2.05, 4.69) is 4.72 Å². The molecule has 8 heteroatoms. The van der Waals surface area contributed by atoms with Gasteiger partial charge in [0.1, 0.15) is 12.1 Å². The number of hydrogen-bond acceptors (Lipinski definition) is 4. The summed E-state index contributed by atoms with van der Waals surface area (Å²) in [5.41, 5.74) is -2.28. The van der Waals surface area contributed by atoms with Gasteiger partial charge < -0.3 is 4.74 Å². The smallest absolute Gasteiger partial charge is 0.224 e. The molecule has 1 heterocycles. The van der Waals surface area contributed by atoms with Crippen molar-refractivity contribution in [2.24, 2.45) is 0 Å². The molecule has 0 fully saturated rings. The molecule has 0 saturated heterocycles. The average Bonchev–Trinajstić information content (AvgIpc) is 2.59. The molecular formula is C17H24FNO4S2. The van der Waals surface area contributed by atoms with Gasteiger partial charge in [0.2, 0.25) is 15.3 Å². The van der Waals surface area contributed by atoms with Gasteiger partial charge in [-0.3, -0.25) is 0 Å². The first-order chi connectivity index (χ1) is 11.6. The van der Waals surface area contributed by atoms with Gasteiger partial charge >= 0.3 is 0 Å². The zero-order chi connectivity index (χ0) is 18.7. The minimum absolute atomic E-state index is 0.109. The molecule has 0 amide bonds. The predicted octanol–water partition coefficient (Wildman–Crippen LogP) is 2.87. The maximum absolute atomic E-state index is 15.2. The second kappa shape index (κ2) is 7.97. The van der Waals surface area contributed by atoms with Gasteiger partial charge in [-0.1, -0.05) is 18.2 Å². The SMILES string of the molecule is CC(C)(C)S(=O)NC(C1CCC=CO1)C(F)S(=O)(=O)c1ccccc1. The number of alkyl halides is 1. The Morgan fingerprint density at radius 3 is 2.44 bits per heavy atom. The van der Waals surface area contributed by atoms with Crippen LogP contribution in [0.15, 0.2) is 47.6 Å². The molecule has 0 aliphatic carbocycles. The monoisotopic (exact) mass is 389 g/mol. The Morgan fingerprint density at radius 2 is 1.92 bits per heavy atom. The number of rotatable bonds is 6. The van der Waals surface area contributed by atoms with Crippen LogP contribution in [0.2, 0.25) is 0 Å². The molecule has 5 nitrogen and oxygen atoms in total. The molecule has 25 heavy (non-hydrogen) atoms. The van der Waals surface area contributed by atoms with Crippen LogP contribution >= 0.6 is 0 Å². The molecule has 1 aliphatic rings. The highest BCUT2D eigenvalue weighted by molar-refractivity contribution is 7.92. The van der Waals surface area contributed by atoms with Crippen molar-refractivity contribution in [1.29, 1.82) is 0 Å². The zero-order valence-electron chi connectivity index (χ0n) is 14.5. The minimum Gasteiger partial charge on any atom is -0.497 e. The van der Waals surface area contributed by atoms with E-state index in [9.17, 15) is 12.6 Å². The van der Waals surface area contributed by atoms with Gasteiger partial charge in [-0.2, -0.15) is 0 Å². The summed E-state index contributed by atoms with van der Waals surface area (Å²) in [6, 6.07) is 6.19. The van der Waals surface area contributed by atoms with Crippen molar-refractivity contribution in [2.75, 3.05) is 0 Å². The molecule has 0 spiro atoms. The van der Waals surface area contributed by atoms with Crippen LogP contribution in [0.3, 0.4) is 0 Å². The third-order valence-electron chi connectivity index (χ3n) is 3.82. The molecule has 1 aromatic rings. The Labute approximate surface area is 151 Å². The molecule has 0 radical (unpaired) electrons. The molecule has 1 N–H and O–H groups in total. The molecule has 0 aromatic heterocycles. The summed E-state index contributed by atoms with van der Waals surface area (Å²) in [5.74, 6) is 0. The number of halogens is 1. The summed E-state index contributed by atoms with van der Waals surface area (Å²) in [5, 5.41) is 0. The Bertz CT molecular complexity index is 729. The lowest BCUT2D eigenvalue weighted by Gasteiger charge is -2.32. The largest absolute Gasteiger partial charge is 0.497 e. The Balaban J connectivity index is 2.33. The highest BCUT2D eigenvalue weighted by atomic mass is 32.2. The molecule has 4 atom stereocenters. The first kappa shape index (κ1) is 20.1. The Hall–Kier alpha value is -1.25. The first-order valence-corrected chi connectivity index (χ1v) is 10.7. The van der Waals surface area contributed by atoms with Gasteiger partial charge in [-0.25, -0.2) is 21.7 Å². The fourth-order valence-electron chi connectivity index (χ4n) is 2.35. The van der Waals surface area contributed by atoms with Crippen molar-refractivity contribution in [3.8, 4) is 0 Å². The third kappa shape index (κ3) is 4.89. The topological polar surface area (TPSA) is 72.5 Å². The quantitative estimate of drug-likeness (QED) is 0.812. The van der Waals surface area contributed by atoms with E-state index in [4.69, 9.17) is 4.74 Å². The van der Waals surface area contributed by atoms with Crippen LogP contribution in [0.25, 0.3) is 0 Å². The maximum Gasteiger partial charge on any atom is 0.224 e. The van der Waals surface area contributed by atoms with Gasteiger partial charge in [-0.15, -0.1) is 0 Å². The van der Waals surface area contributed by atoms with Gasteiger partial charge in [-0.05, 0) is 51.8 Å². The van der Waals surface area contributed by atoms with Crippen LogP contribution in [-0.2, 0) is 25.6 Å². The fourth-order valence-corrected chi connectivity index (χ4v) is 4.73. The van der Waals surface area contributed by atoms with E-state index in [1.165, 1.54) is 30.5 Å². The minimum atomic E-state index is -4.25. The Kier molecular flexibility index (Phi) is 6.40. The highest BCUT2D eigenvalue weighted by Gasteiger charge is 2.42. The van der Waals surface area contributed by atoms with Crippen molar-refractivity contribution >= 4 is 20.8 Å². The highest BCUT2D eigenvalue weighted by Crippen LogP contribution is 2.26. The van der Waals surface area contributed by atoms with Crippen molar-refractivity contribution in [3.63, 3.8) is 0 Å². The van der Waals surface area contributed by atoms with Crippen molar-refractivity contribution in [1.82, 2.24) is 4.72 Å². The van der Waals surface area contributed by atoms with Crippen LogP contribution in [0, 0.1) is 0 Å². The second-order valence-electron chi connectivity index (χ2n) is 6.86. The normalized spacial score (nSPS) is 22.0.